The summed E-state index contributed by atoms with van der Waals surface area (Å²) in [6, 6.07) is 8.25. The number of aromatic amines is 1. The largest absolute Gasteiger partial charge is 0.330 e. The highest BCUT2D eigenvalue weighted by atomic mass is 32.2. The van der Waals surface area contributed by atoms with Crippen LogP contribution in [0.25, 0.3) is 10.2 Å². The number of thioether (sulfide) groups is 1. The summed E-state index contributed by atoms with van der Waals surface area (Å²) < 4.78 is 1.50. The second-order valence-corrected chi connectivity index (χ2v) is 9.21. The Morgan fingerprint density at radius 2 is 1.93 bits per heavy atom. The number of fused-ring (bicyclic) bond motifs is 1. The van der Waals surface area contributed by atoms with Gasteiger partial charge in [0.05, 0.1) is 11.3 Å². The molecule has 4 aromatic rings. The standard InChI is InChI=1S/C19H19N5OS3/c1-3-11-6-5-7-12(4-2)15(11)22-18-23-24-19(28-18)27-10-14-20-13-8-9-26-16(13)17(25)21-14/h5-9H,3-4,10H2,1-2H3,(H,22,23)(H,20,21,25). The van der Waals surface area contributed by atoms with E-state index >= 15 is 0 Å². The van der Waals surface area contributed by atoms with Crippen molar-refractivity contribution < 1.29 is 0 Å². The smallest absolute Gasteiger partial charge is 0.268 e. The minimum atomic E-state index is -0.0847. The van der Waals surface area contributed by atoms with E-state index in [1.54, 1.807) is 0 Å². The molecule has 28 heavy (non-hydrogen) atoms. The Morgan fingerprint density at radius 3 is 2.68 bits per heavy atom. The molecule has 3 heterocycles. The Kier molecular flexibility index (Phi) is 5.74. The molecule has 9 heteroatoms. The van der Waals surface area contributed by atoms with Crippen LogP contribution in [-0.2, 0) is 18.6 Å². The van der Waals surface area contributed by atoms with Crippen molar-refractivity contribution in [2.45, 2.75) is 36.8 Å². The molecule has 0 atom stereocenters. The molecule has 1 aromatic carbocycles. The molecule has 6 nitrogen and oxygen atoms in total. The molecule has 0 unspecified atom stereocenters. The molecular formula is C19H19N5OS3. The van der Waals surface area contributed by atoms with Gasteiger partial charge < -0.3 is 10.3 Å². The van der Waals surface area contributed by atoms with Crippen LogP contribution >= 0.6 is 34.4 Å². The maximum Gasteiger partial charge on any atom is 0.268 e. The summed E-state index contributed by atoms with van der Waals surface area (Å²) in [6.45, 7) is 4.30. The van der Waals surface area contributed by atoms with Gasteiger partial charge in [-0.05, 0) is 35.4 Å². The Bertz CT molecular complexity index is 1140. The van der Waals surface area contributed by atoms with Gasteiger partial charge in [0.15, 0.2) is 4.34 Å². The molecule has 0 aliphatic heterocycles. The predicted octanol–water partition coefficient (Wildman–Crippen LogP) is 5.00. The summed E-state index contributed by atoms with van der Waals surface area (Å²) >= 11 is 4.43. The third kappa shape index (κ3) is 3.96. The van der Waals surface area contributed by atoms with Gasteiger partial charge in [-0.15, -0.1) is 21.5 Å². The zero-order valence-electron chi connectivity index (χ0n) is 15.5. The second kappa shape index (κ2) is 8.42. The van der Waals surface area contributed by atoms with E-state index in [-0.39, 0.29) is 5.56 Å². The maximum absolute atomic E-state index is 12.1. The Hall–Kier alpha value is -2.23. The van der Waals surface area contributed by atoms with E-state index in [2.05, 4.69) is 57.5 Å². The predicted molar refractivity (Wildman–Crippen MR) is 118 cm³/mol. The first-order valence-corrected chi connectivity index (χ1v) is 11.7. The average Bonchev–Trinajstić information content (AvgIpc) is 3.36. The molecule has 2 N–H and O–H groups in total. The van der Waals surface area contributed by atoms with E-state index in [1.165, 1.54) is 45.6 Å². The lowest BCUT2D eigenvalue weighted by Gasteiger charge is -2.13. The minimum Gasteiger partial charge on any atom is -0.330 e. The second-order valence-electron chi connectivity index (χ2n) is 6.09. The van der Waals surface area contributed by atoms with Crippen molar-refractivity contribution >= 4 is 55.5 Å². The average molecular weight is 430 g/mol. The number of hydrogen-bond donors (Lipinski definition) is 2. The first-order valence-electron chi connectivity index (χ1n) is 8.98. The number of para-hydroxylation sites is 1. The van der Waals surface area contributed by atoms with Gasteiger partial charge in [-0.2, -0.15) is 0 Å². The topological polar surface area (TPSA) is 83.6 Å². The Labute approximate surface area is 174 Å². The van der Waals surface area contributed by atoms with E-state index < -0.39 is 0 Å². The van der Waals surface area contributed by atoms with Gasteiger partial charge in [-0.1, -0.05) is 55.1 Å². The third-order valence-corrected chi connectivity index (χ3v) is 7.22. The highest BCUT2D eigenvalue weighted by molar-refractivity contribution is 8.00. The van der Waals surface area contributed by atoms with Crippen LogP contribution in [-0.4, -0.2) is 20.2 Å². The van der Waals surface area contributed by atoms with Crippen LogP contribution in [0.1, 0.15) is 30.8 Å². The SMILES string of the molecule is CCc1cccc(CC)c1Nc1nnc(SCc2nc3ccsc3c(=O)[nH]2)s1. The molecule has 0 fully saturated rings. The van der Waals surface area contributed by atoms with Gasteiger partial charge in [0, 0.05) is 5.69 Å². The summed E-state index contributed by atoms with van der Waals surface area (Å²) in [7, 11) is 0. The van der Waals surface area contributed by atoms with Crippen molar-refractivity contribution in [2.75, 3.05) is 5.32 Å². The summed E-state index contributed by atoms with van der Waals surface area (Å²) in [5.41, 5.74) is 4.34. The molecule has 0 aliphatic carbocycles. The highest BCUT2D eigenvalue weighted by Crippen LogP contribution is 2.32. The molecule has 144 valence electrons. The zero-order valence-corrected chi connectivity index (χ0v) is 17.9. The molecule has 0 amide bonds. The van der Waals surface area contributed by atoms with Gasteiger partial charge in [-0.3, -0.25) is 4.79 Å². The van der Waals surface area contributed by atoms with Gasteiger partial charge in [0.25, 0.3) is 5.56 Å². The van der Waals surface area contributed by atoms with Crippen molar-refractivity contribution in [2.24, 2.45) is 0 Å². The van der Waals surface area contributed by atoms with Gasteiger partial charge in [-0.25, -0.2) is 4.98 Å². The normalized spacial score (nSPS) is 11.2. The lowest BCUT2D eigenvalue weighted by Crippen LogP contribution is -2.09. The fourth-order valence-corrected chi connectivity index (χ4v) is 5.30. The van der Waals surface area contributed by atoms with Crippen molar-refractivity contribution in [1.29, 1.82) is 0 Å². The molecule has 4 rings (SSSR count). The lowest BCUT2D eigenvalue weighted by atomic mass is 10.0. The van der Waals surface area contributed by atoms with Crippen LogP contribution in [0, 0.1) is 0 Å². The fourth-order valence-electron chi connectivity index (χ4n) is 2.95. The van der Waals surface area contributed by atoms with Crippen LogP contribution in [0.3, 0.4) is 0 Å². The number of H-pyrrole nitrogens is 1. The number of aromatic nitrogens is 4. The first kappa shape index (κ1) is 19.1. The van der Waals surface area contributed by atoms with Crippen LogP contribution in [0.5, 0.6) is 0 Å². The van der Waals surface area contributed by atoms with E-state index in [0.717, 1.165) is 33.5 Å². The highest BCUT2D eigenvalue weighted by Gasteiger charge is 2.12. The number of hydrogen-bond acceptors (Lipinski definition) is 8. The van der Waals surface area contributed by atoms with Gasteiger partial charge >= 0.3 is 0 Å². The van der Waals surface area contributed by atoms with E-state index in [1.807, 2.05) is 11.4 Å². The Balaban J connectivity index is 1.48. The maximum atomic E-state index is 12.1. The number of thiophene rings is 1. The molecule has 0 radical (unpaired) electrons. The van der Waals surface area contributed by atoms with Crippen molar-refractivity contribution in [3.8, 4) is 0 Å². The van der Waals surface area contributed by atoms with Crippen LogP contribution < -0.4 is 10.9 Å². The van der Waals surface area contributed by atoms with Gasteiger partial charge in [0.1, 0.15) is 10.5 Å². The van der Waals surface area contributed by atoms with Crippen LogP contribution in [0.4, 0.5) is 10.8 Å². The quantitative estimate of drug-likeness (QED) is 0.402. The summed E-state index contributed by atoms with van der Waals surface area (Å²) in [5, 5.41) is 14.6. The first-order chi connectivity index (χ1) is 13.7. The molecular weight excluding hydrogens is 410 g/mol. The molecule has 0 bridgehead atoms. The third-order valence-electron chi connectivity index (χ3n) is 4.33. The van der Waals surface area contributed by atoms with Crippen molar-refractivity contribution in [3.05, 3.63) is 57.0 Å². The number of nitrogens with one attached hydrogen (secondary N) is 2. The molecule has 3 aromatic heterocycles. The lowest BCUT2D eigenvalue weighted by molar-refractivity contribution is 1.00. The summed E-state index contributed by atoms with van der Waals surface area (Å²) in [5.74, 6) is 1.19. The monoisotopic (exact) mass is 429 g/mol. The Morgan fingerprint density at radius 1 is 1.14 bits per heavy atom. The number of nitrogens with zero attached hydrogens (tertiary/aromatic N) is 3. The number of anilines is 2. The van der Waals surface area contributed by atoms with E-state index in [0.29, 0.717) is 16.3 Å². The summed E-state index contributed by atoms with van der Waals surface area (Å²) in [6.07, 6.45) is 1.92. The fraction of sp³-hybridized carbons (Fsp3) is 0.263. The number of aryl methyl sites for hydroxylation is 2. The van der Waals surface area contributed by atoms with Crippen molar-refractivity contribution in [1.82, 2.24) is 20.2 Å². The van der Waals surface area contributed by atoms with Crippen LogP contribution in [0.2, 0.25) is 0 Å². The van der Waals surface area contributed by atoms with Crippen LogP contribution in [0.15, 0.2) is 38.8 Å². The number of benzene rings is 1. The molecule has 0 saturated carbocycles. The zero-order chi connectivity index (χ0) is 19.5. The summed E-state index contributed by atoms with van der Waals surface area (Å²) in [4.78, 5) is 19.4. The molecule has 0 aliphatic rings. The molecule has 0 spiro atoms. The minimum absolute atomic E-state index is 0.0847. The van der Waals surface area contributed by atoms with E-state index in [9.17, 15) is 4.79 Å². The van der Waals surface area contributed by atoms with E-state index in [4.69, 9.17) is 0 Å². The van der Waals surface area contributed by atoms with Crippen molar-refractivity contribution in [3.63, 3.8) is 0 Å². The number of rotatable bonds is 7. The molecule has 0 saturated heterocycles. The van der Waals surface area contributed by atoms with Gasteiger partial charge in [0.2, 0.25) is 5.13 Å².